The van der Waals surface area contributed by atoms with Crippen molar-refractivity contribution in [2.75, 3.05) is 19.8 Å². The molecule has 2 rings (SSSR count). The maximum atomic E-state index is 5.81. The molecule has 2 fully saturated rings. The number of nitrogens with two attached hydrogens (primary N) is 1. The van der Waals surface area contributed by atoms with Crippen LogP contribution in [0.4, 0.5) is 0 Å². The van der Waals surface area contributed by atoms with Crippen LogP contribution in [0.25, 0.3) is 0 Å². The third kappa shape index (κ3) is 2.68. The van der Waals surface area contributed by atoms with Gasteiger partial charge in [0.25, 0.3) is 0 Å². The number of hydrogen-bond acceptors (Lipinski definition) is 3. The Morgan fingerprint density at radius 1 is 1.27 bits per heavy atom. The minimum Gasteiger partial charge on any atom is -0.392 e. The molecule has 15 heavy (non-hydrogen) atoms. The van der Waals surface area contributed by atoms with Crippen molar-refractivity contribution in [1.29, 1.82) is 0 Å². The van der Waals surface area contributed by atoms with Gasteiger partial charge in [-0.3, -0.25) is 4.90 Å². The predicted octanol–water partition coefficient (Wildman–Crippen LogP) is 1.31. The van der Waals surface area contributed by atoms with Gasteiger partial charge in [-0.2, -0.15) is 0 Å². The second-order valence-corrected chi connectivity index (χ2v) is 4.99. The van der Waals surface area contributed by atoms with Crippen molar-refractivity contribution in [2.24, 2.45) is 5.73 Å². The van der Waals surface area contributed by atoms with E-state index < -0.39 is 0 Å². The van der Waals surface area contributed by atoms with E-state index in [9.17, 15) is 0 Å². The van der Waals surface area contributed by atoms with Crippen molar-refractivity contribution in [1.82, 2.24) is 4.90 Å². The summed E-state index contributed by atoms with van der Waals surface area (Å²) in [6.45, 7) is 2.91. The molecule has 2 aliphatic rings. The van der Waals surface area contributed by atoms with E-state index in [1.54, 1.807) is 0 Å². The topological polar surface area (TPSA) is 38.5 Å². The largest absolute Gasteiger partial charge is 0.392 e. The number of hydrogen-bond donors (Lipinski definition) is 1. The zero-order valence-corrected chi connectivity index (χ0v) is 9.97. The minimum absolute atomic E-state index is 0.320. The summed E-state index contributed by atoms with van der Waals surface area (Å²) < 4.78 is 5.54. The first kappa shape index (κ1) is 11.3. The third-order valence-corrected chi connectivity index (χ3v) is 3.75. The highest BCUT2D eigenvalue weighted by molar-refractivity contribution is 7.80. The highest BCUT2D eigenvalue weighted by atomic mass is 32.1. The first-order valence-electron chi connectivity index (χ1n) is 5.92. The molecule has 0 aromatic rings. The Morgan fingerprint density at radius 3 is 2.80 bits per heavy atom. The van der Waals surface area contributed by atoms with Crippen molar-refractivity contribution < 1.29 is 4.74 Å². The molecule has 0 aromatic carbocycles. The molecule has 86 valence electrons. The molecule has 2 unspecified atom stereocenters. The van der Waals surface area contributed by atoms with Crippen LogP contribution in [0.1, 0.15) is 32.1 Å². The Morgan fingerprint density at radius 2 is 2.13 bits per heavy atom. The molecule has 0 aliphatic carbocycles. The Kier molecular flexibility index (Phi) is 3.94. The summed E-state index contributed by atoms with van der Waals surface area (Å²) in [5.74, 6) is 0. The molecule has 0 amide bonds. The first-order valence-corrected chi connectivity index (χ1v) is 6.32. The Bertz CT molecular complexity index is 229. The van der Waals surface area contributed by atoms with Crippen LogP contribution in [-0.4, -0.2) is 41.7 Å². The van der Waals surface area contributed by atoms with E-state index in [1.807, 2.05) is 0 Å². The summed E-state index contributed by atoms with van der Waals surface area (Å²) in [6.07, 6.45) is 6.07. The zero-order chi connectivity index (χ0) is 10.7. The van der Waals surface area contributed by atoms with Gasteiger partial charge < -0.3 is 10.5 Å². The molecule has 0 bridgehead atoms. The second kappa shape index (κ2) is 5.23. The maximum absolute atomic E-state index is 5.81. The third-order valence-electron chi connectivity index (χ3n) is 3.48. The quantitative estimate of drug-likeness (QED) is 0.723. The number of piperidine rings is 1. The molecule has 2 atom stereocenters. The molecule has 0 saturated carbocycles. The lowest BCUT2D eigenvalue weighted by Crippen LogP contribution is -2.53. The number of rotatable bonds is 2. The summed E-state index contributed by atoms with van der Waals surface area (Å²) in [5, 5.41) is 0. The molecular weight excluding hydrogens is 208 g/mol. The average Bonchev–Trinajstić information content (AvgIpc) is 2.30. The Labute approximate surface area is 96.9 Å². The summed E-state index contributed by atoms with van der Waals surface area (Å²) in [7, 11) is 0. The van der Waals surface area contributed by atoms with Crippen molar-refractivity contribution >= 4 is 17.2 Å². The van der Waals surface area contributed by atoms with Gasteiger partial charge in [0.15, 0.2) is 0 Å². The van der Waals surface area contributed by atoms with E-state index in [1.165, 1.54) is 25.7 Å². The molecule has 0 aromatic heterocycles. The van der Waals surface area contributed by atoms with E-state index in [0.29, 0.717) is 17.1 Å². The number of likely N-dealkylation sites (tertiary alicyclic amines) is 1. The van der Waals surface area contributed by atoms with Crippen LogP contribution in [-0.2, 0) is 4.74 Å². The fourth-order valence-corrected chi connectivity index (χ4v) is 2.94. The summed E-state index contributed by atoms with van der Waals surface area (Å²) in [5.41, 5.74) is 5.81. The van der Waals surface area contributed by atoms with Crippen molar-refractivity contribution in [3.8, 4) is 0 Å². The van der Waals surface area contributed by atoms with Crippen LogP contribution in [0.2, 0.25) is 0 Å². The fraction of sp³-hybridized carbons (Fsp3) is 0.909. The molecule has 0 spiro atoms. The van der Waals surface area contributed by atoms with Crippen LogP contribution in [0, 0.1) is 0 Å². The molecular formula is C11H20N2OS. The smallest absolute Gasteiger partial charge is 0.0902 e. The SMILES string of the molecule is NC(=S)C1CCCCN1C1CCCOC1. The van der Waals surface area contributed by atoms with Gasteiger partial charge in [-0.15, -0.1) is 0 Å². The van der Waals surface area contributed by atoms with Crippen molar-refractivity contribution in [3.05, 3.63) is 0 Å². The lowest BCUT2D eigenvalue weighted by molar-refractivity contribution is 0.00161. The minimum atomic E-state index is 0.320. The Balaban J connectivity index is 1.99. The highest BCUT2D eigenvalue weighted by Gasteiger charge is 2.31. The van der Waals surface area contributed by atoms with E-state index in [-0.39, 0.29) is 0 Å². The predicted molar refractivity (Wildman–Crippen MR) is 65.0 cm³/mol. The van der Waals surface area contributed by atoms with E-state index >= 15 is 0 Å². The first-order chi connectivity index (χ1) is 7.29. The van der Waals surface area contributed by atoms with Crippen molar-refractivity contribution in [3.63, 3.8) is 0 Å². The van der Waals surface area contributed by atoms with Crippen LogP contribution < -0.4 is 5.73 Å². The van der Waals surface area contributed by atoms with Gasteiger partial charge in [-0.1, -0.05) is 18.6 Å². The van der Waals surface area contributed by atoms with Crippen LogP contribution in [0.5, 0.6) is 0 Å². The van der Waals surface area contributed by atoms with Gasteiger partial charge in [0.05, 0.1) is 17.6 Å². The van der Waals surface area contributed by atoms with E-state index in [4.69, 9.17) is 22.7 Å². The van der Waals surface area contributed by atoms with Gasteiger partial charge in [0.1, 0.15) is 0 Å². The fourth-order valence-electron chi connectivity index (χ4n) is 2.68. The van der Waals surface area contributed by atoms with E-state index in [0.717, 1.165) is 26.2 Å². The number of nitrogens with zero attached hydrogens (tertiary/aromatic N) is 1. The molecule has 2 N–H and O–H groups in total. The average molecular weight is 228 g/mol. The van der Waals surface area contributed by atoms with Gasteiger partial charge in [-0.05, 0) is 32.2 Å². The molecule has 3 nitrogen and oxygen atoms in total. The van der Waals surface area contributed by atoms with Crippen LogP contribution in [0.15, 0.2) is 0 Å². The van der Waals surface area contributed by atoms with Crippen LogP contribution in [0.3, 0.4) is 0 Å². The lowest BCUT2D eigenvalue weighted by atomic mass is 9.97. The summed E-state index contributed by atoms with van der Waals surface area (Å²) in [6, 6.07) is 0.867. The summed E-state index contributed by atoms with van der Waals surface area (Å²) >= 11 is 5.16. The van der Waals surface area contributed by atoms with Crippen molar-refractivity contribution in [2.45, 2.75) is 44.2 Å². The monoisotopic (exact) mass is 228 g/mol. The number of thiocarbonyl (C=S) groups is 1. The molecule has 2 saturated heterocycles. The van der Waals surface area contributed by atoms with Gasteiger partial charge in [-0.25, -0.2) is 0 Å². The highest BCUT2D eigenvalue weighted by Crippen LogP contribution is 2.23. The molecule has 4 heteroatoms. The maximum Gasteiger partial charge on any atom is 0.0902 e. The van der Waals surface area contributed by atoms with Gasteiger partial charge in [0, 0.05) is 12.6 Å². The number of ether oxygens (including phenoxy) is 1. The van der Waals surface area contributed by atoms with Gasteiger partial charge >= 0.3 is 0 Å². The van der Waals surface area contributed by atoms with E-state index in [2.05, 4.69) is 4.90 Å². The Hall–Kier alpha value is -0.190. The standard InChI is InChI=1S/C11H20N2OS/c12-11(15)10-5-1-2-6-13(10)9-4-3-7-14-8-9/h9-10H,1-8H2,(H2,12,15). The normalized spacial score (nSPS) is 33.9. The second-order valence-electron chi connectivity index (χ2n) is 4.52. The zero-order valence-electron chi connectivity index (χ0n) is 9.15. The summed E-state index contributed by atoms with van der Waals surface area (Å²) in [4.78, 5) is 3.14. The van der Waals surface area contributed by atoms with Crippen LogP contribution >= 0.6 is 12.2 Å². The van der Waals surface area contributed by atoms with Gasteiger partial charge in [0.2, 0.25) is 0 Å². The lowest BCUT2D eigenvalue weighted by Gasteiger charge is -2.42. The molecule has 2 aliphatic heterocycles. The molecule has 2 heterocycles. The molecule has 0 radical (unpaired) electrons.